The third-order valence-electron chi connectivity index (χ3n) is 8.62. The quantitative estimate of drug-likeness (QED) is 0.135. The Morgan fingerprint density at radius 3 is 0.881 bits per heavy atom. The van der Waals surface area contributed by atoms with E-state index in [2.05, 4.69) is 185 Å². The normalized spacial score (nSPS) is 11.8. The number of hydrogen-bond donors (Lipinski definition) is 0. The molecule has 1 heteroatoms. The molecule has 6 aromatic carbocycles. The lowest BCUT2D eigenvalue weighted by atomic mass is 9.83. The third kappa shape index (κ3) is 4.61. The summed E-state index contributed by atoms with van der Waals surface area (Å²) in [6.07, 6.45) is 0. The van der Waals surface area contributed by atoms with E-state index >= 15 is 0 Å². The van der Waals surface area contributed by atoms with Crippen LogP contribution in [0.15, 0.2) is 158 Å². The molecule has 0 spiro atoms. The van der Waals surface area contributed by atoms with Crippen molar-refractivity contribution in [2.24, 2.45) is 0 Å². The molecular formula is C41H38P+. The molecule has 0 saturated heterocycles. The van der Waals surface area contributed by atoms with Crippen molar-refractivity contribution in [2.45, 2.75) is 32.9 Å². The number of benzene rings is 6. The lowest BCUT2D eigenvalue weighted by Crippen LogP contribution is -2.47. The minimum Gasteiger partial charge on any atom is -0.0620 e. The molecule has 42 heavy (non-hydrogen) atoms. The second-order valence-corrected chi connectivity index (χ2v) is 15.0. The predicted molar refractivity (Wildman–Crippen MR) is 183 cm³/mol. The minimum atomic E-state index is -2.53. The Bertz CT molecular complexity index is 1600. The van der Waals surface area contributed by atoms with E-state index in [1.54, 1.807) is 0 Å². The van der Waals surface area contributed by atoms with Crippen molar-refractivity contribution in [3.8, 4) is 0 Å². The SMILES string of the molecule is Cc1ccc(C(c2ccc(C)cc2)(c2ccc(C)cc2)[P+](c2ccccc2)(c2ccccc2)c2ccc(C)cc2)cc1. The average molecular weight is 562 g/mol. The zero-order valence-corrected chi connectivity index (χ0v) is 25.9. The van der Waals surface area contributed by atoms with Crippen LogP contribution in [0, 0.1) is 27.7 Å². The second-order valence-electron chi connectivity index (χ2n) is 11.5. The molecule has 0 heterocycles. The van der Waals surface area contributed by atoms with E-state index in [9.17, 15) is 0 Å². The molecule has 0 fully saturated rings. The van der Waals surface area contributed by atoms with E-state index in [0.717, 1.165) is 0 Å². The van der Waals surface area contributed by atoms with Gasteiger partial charge < -0.3 is 0 Å². The van der Waals surface area contributed by atoms with Crippen LogP contribution in [0.2, 0.25) is 0 Å². The van der Waals surface area contributed by atoms with Crippen LogP contribution >= 0.6 is 7.26 Å². The molecule has 0 unspecified atom stereocenters. The van der Waals surface area contributed by atoms with Gasteiger partial charge in [0.2, 0.25) is 0 Å². The van der Waals surface area contributed by atoms with Gasteiger partial charge in [0.05, 0.1) is 0 Å². The van der Waals surface area contributed by atoms with Gasteiger partial charge in [-0.3, -0.25) is 0 Å². The van der Waals surface area contributed by atoms with Crippen LogP contribution in [0.4, 0.5) is 0 Å². The van der Waals surface area contributed by atoms with Gasteiger partial charge >= 0.3 is 0 Å². The first-order chi connectivity index (χ1) is 20.5. The van der Waals surface area contributed by atoms with Crippen molar-refractivity contribution in [2.75, 3.05) is 0 Å². The maximum absolute atomic E-state index is 2.53. The average Bonchev–Trinajstić information content (AvgIpc) is 3.03. The summed E-state index contributed by atoms with van der Waals surface area (Å²) in [4.78, 5) is 0. The van der Waals surface area contributed by atoms with Gasteiger partial charge in [0.25, 0.3) is 0 Å². The summed E-state index contributed by atoms with van der Waals surface area (Å²) in [6, 6.07) is 60.0. The summed E-state index contributed by atoms with van der Waals surface area (Å²) in [5.41, 5.74) is 8.98. The van der Waals surface area contributed by atoms with Gasteiger partial charge in [-0.05, 0) is 64.1 Å². The largest absolute Gasteiger partial charge is 0.168 e. The Morgan fingerprint density at radius 1 is 0.310 bits per heavy atom. The van der Waals surface area contributed by atoms with Crippen molar-refractivity contribution in [1.29, 1.82) is 0 Å². The summed E-state index contributed by atoms with van der Waals surface area (Å²) in [5.74, 6) is 0. The summed E-state index contributed by atoms with van der Waals surface area (Å²) in [7, 11) is -2.53. The monoisotopic (exact) mass is 561 g/mol. The van der Waals surface area contributed by atoms with E-state index in [0.29, 0.717) is 0 Å². The zero-order chi connectivity index (χ0) is 29.2. The first-order valence-electron chi connectivity index (χ1n) is 14.8. The van der Waals surface area contributed by atoms with Gasteiger partial charge in [0.1, 0.15) is 23.2 Å². The fourth-order valence-corrected chi connectivity index (χ4v) is 12.1. The van der Waals surface area contributed by atoms with Gasteiger partial charge in [0, 0.05) is 16.7 Å². The first-order valence-corrected chi connectivity index (χ1v) is 16.5. The number of aryl methyl sites for hydroxylation is 4. The minimum absolute atomic E-state index is 0.514. The highest BCUT2D eigenvalue weighted by Crippen LogP contribution is 2.75. The highest BCUT2D eigenvalue weighted by Gasteiger charge is 2.65. The van der Waals surface area contributed by atoms with Crippen molar-refractivity contribution in [3.05, 3.63) is 197 Å². The third-order valence-corrected chi connectivity index (χ3v) is 13.6. The van der Waals surface area contributed by atoms with E-state index < -0.39 is 12.4 Å². The smallest absolute Gasteiger partial charge is 0.0620 e. The molecule has 0 aromatic heterocycles. The lowest BCUT2D eigenvalue weighted by molar-refractivity contribution is 0.875. The molecule has 0 amide bonds. The molecule has 6 aromatic rings. The van der Waals surface area contributed by atoms with Gasteiger partial charge in [-0.1, -0.05) is 144 Å². The zero-order valence-electron chi connectivity index (χ0n) is 25.0. The fraction of sp³-hybridized carbons (Fsp3) is 0.122. The van der Waals surface area contributed by atoms with Crippen LogP contribution in [0.25, 0.3) is 0 Å². The molecule has 0 saturated carbocycles. The van der Waals surface area contributed by atoms with Crippen LogP contribution in [-0.4, -0.2) is 0 Å². The van der Waals surface area contributed by atoms with Crippen LogP contribution in [0.1, 0.15) is 38.9 Å². The van der Waals surface area contributed by atoms with Crippen LogP contribution in [0.3, 0.4) is 0 Å². The summed E-state index contributed by atoms with van der Waals surface area (Å²) < 4.78 is 0. The standard InChI is InChI=1S/C41H38P/c1-31-15-23-35(24-16-31)41(36-25-17-32(2)18-26-36,37-27-19-33(3)20-28-37)42(38-11-7-5-8-12-38,39-13-9-6-10-14-39)40-29-21-34(4)22-30-40/h5-30H,1-4H3/q+1. The van der Waals surface area contributed by atoms with Crippen molar-refractivity contribution in [3.63, 3.8) is 0 Å². The molecule has 206 valence electrons. The van der Waals surface area contributed by atoms with E-state index in [1.165, 1.54) is 54.9 Å². The Balaban J connectivity index is 1.93. The van der Waals surface area contributed by atoms with Crippen LogP contribution in [-0.2, 0) is 5.16 Å². The summed E-state index contributed by atoms with van der Waals surface area (Å²) in [5, 5.41) is 3.58. The maximum Gasteiger partial charge on any atom is 0.168 e. The molecule has 0 atom stereocenters. The summed E-state index contributed by atoms with van der Waals surface area (Å²) in [6.45, 7) is 8.72. The molecule has 0 radical (unpaired) electrons. The predicted octanol–water partition coefficient (Wildman–Crippen LogP) is 9.21. The molecule has 0 nitrogen and oxygen atoms in total. The fourth-order valence-electron chi connectivity index (χ4n) is 6.56. The van der Waals surface area contributed by atoms with Crippen molar-refractivity contribution < 1.29 is 0 Å². The second kappa shape index (κ2) is 11.6. The first kappa shape index (κ1) is 27.9. The highest BCUT2D eigenvalue weighted by atomic mass is 31.2. The van der Waals surface area contributed by atoms with E-state index in [-0.39, 0.29) is 0 Å². The molecule has 0 aliphatic rings. The molecule has 0 aliphatic heterocycles. The van der Waals surface area contributed by atoms with E-state index in [4.69, 9.17) is 0 Å². The van der Waals surface area contributed by atoms with Crippen LogP contribution < -0.4 is 15.9 Å². The van der Waals surface area contributed by atoms with Gasteiger partial charge in [0.15, 0.2) is 5.16 Å². The summed E-state index contributed by atoms with van der Waals surface area (Å²) >= 11 is 0. The molecule has 0 bridgehead atoms. The molecule has 0 aliphatic carbocycles. The Kier molecular flexibility index (Phi) is 7.68. The maximum atomic E-state index is 2.40. The molecule has 6 rings (SSSR count). The lowest BCUT2D eigenvalue weighted by Gasteiger charge is -2.46. The topological polar surface area (TPSA) is 0 Å². The van der Waals surface area contributed by atoms with Crippen molar-refractivity contribution in [1.82, 2.24) is 0 Å². The Morgan fingerprint density at radius 2 is 0.571 bits per heavy atom. The molecule has 0 N–H and O–H groups in total. The molecular weight excluding hydrogens is 523 g/mol. The Hall–Kier alpha value is -4.25. The van der Waals surface area contributed by atoms with Gasteiger partial charge in [-0.25, -0.2) is 0 Å². The van der Waals surface area contributed by atoms with Crippen LogP contribution in [0.5, 0.6) is 0 Å². The Labute approximate surface area is 252 Å². The van der Waals surface area contributed by atoms with Gasteiger partial charge in [-0.2, -0.15) is 0 Å². The van der Waals surface area contributed by atoms with Crippen molar-refractivity contribution >= 4 is 23.2 Å². The number of hydrogen-bond acceptors (Lipinski definition) is 0. The number of rotatable bonds is 7. The highest BCUT2D eigenvalue weighted by molar-refractivity contribution is 7.97. The van der Waals surface area contributed by atoms with E-state index in [1.807, 2.05) is 0 Å². The van der Waals surface area contributed by atoms with Gasteiger partial charge in [-0.15, -0.1) is 0 Å².